The van der Waals surface area contributed by atoms with Crippen molar-refractivity contribution in [2.75, 3.05) is 30.4 Å². The van der Waals surface area contributed by atoms with Gasteiger partial charge in [0.05, 0.1) is 12.0 Å². The molecule has 186 valence electrons. The van der Waals surface area contributed by atoms with Gasteiger partial charge < -0.3 is 15.0 Å². The molecule has 1 fully saturated rings. The number of nitro benzene ring substituents is 1. The molecule has 1 amide bonds. The van der Waals surface area contributed by atoms with Gasteiger partial charge in [0.2, 0.25) is 5.91 Å². The highest BCUT2D eigenvalue weighted by Crippen LogP contribution is 2.38. The smallest absolute Gasteiger partial charge is 0.293 e. The molecule has 3 aromatic carbocycles. The van der Waals surface area contributed by atoms with Crippen LogP contribution in [0.15, 0.2) is 72.8 Å². The second-order valence-electron chi connectivity index (χ2n) is 8.88. The number of nitro groups is 1. The molecule has 0 bridgehead atoms. The Labute approximate surface area is 211 Å². The van der Waals surface area contributed by atoms with Gasteiger partial charge in [-0.25, -0.2) is 0 Å². The first kappa shape index (κ1) is 25.0. The van der Waals surface area contributed by atoms with E-state index in [4.69, 9.17) is 4.74 Å². The predicted molar refractivity (Wildman–Crippen MR) is 144 cm³/mol. The van der Waals surface area contributed by atoms with Crippen LogP contribution in [-0.2, 0) is 11.2 Å². The maximum Gasteiger partial charge on any atom is 0.293 e. The van der Waals surface area contributed by atoms with Crippen LogP contribution in [0.25, 0.3) is 6.08 Å². The standard InChI is InChI=1S/C29H31N3O4/c1-3-21-8-12-24(13-9-21)30-29(33)15-11-22-10-14-26(27(20-22)32(34)35)31-18-16-23(17-19-31)25-6-4-5-7-28(25)36-2/h4-15,20,23H,3,16-19H2,1-2H3,(H,30,33). The summed E-state index contributed by atoms with van der Waals surface area (Å²) >= 11 is 0. The molecule has 0 spiro atoms. The lowest BCUT2D eigenvalue weighted by Gasteiger charge is -2.34. The molecule has 0 aliphatic carbocycles. The van der Waals surface area contributed by atoms with Crippen LogP contribution < -0.4 is 15.0 Å². The van der Waals surface area contributed by atoms with Crippen molar-refractivity contribution in [1.29, 1.82) is 0 Å². The van der Waals surface area contributed by atoms with E-state index in [1.54, 1.807) is 19.3 Å². The highest BCUT2D eigenvalue weighted by atomic mass is 16.6. The number of rotatable bonds is 8. The number of piperidine rings is 1. The van der Waals surface area contributed by atoms with Gasteiger partial charge >= 0.3 is 0 Å². The van der Waals surface area contributed by atoms with Gasteiger partial charge in [-0.2, -0.15) is 0 Å². The van der Waals surface area contributed by atoms with Crippen LogP contribution in [-0.4, -0.2) is 31.0 Å². The fourth-order valence-electron chi connectivity index (χ4n) is 4.67. The number of methoxy groups -OCH3 is 1. The maximum absolute atomic E-state index is 12.3. The topological polar surface area (TPSA) is 84.7 Å². The molecule has 1 heterocycles. The van der Waals surface area contributed by atoms with Crippen molar-refractivity contribution in [3.63, 3.8) is 0 Å². The van der Waals surface area contributed by atoms with E-state index in [1.165, 1.54) is 23.3 Å². The van der Waals surface area contributed by atoms with Crippen molar-refractivity contribution in [3.8, 4) is 5.75 Å². The summed E-state index contributed by atoms with van der Waals surface area (Å²) in [5.74, 6) is 0.958. The second kappa shape index (κ2) is 11.5. The number of aryl methyl sites for hydroxylation is 1. The Morgan fingerprint density at radius 2 is 1.83 bits per heavy atom. The molecule has 1 aliphatic rings. The fraction of sp³-hybridized carbons (Fsp3) is 0.276. The van der Waals surface area contributed by atoms with Gasteiger partial charge in [-0.05, 0) is 72.2 Å². The summed E-state index contributed by atoms with van der Waals surface area (Å²) in [6.45, 7) is 3.51. The maximum atomic E-state index is 12.3. The number of amides is 1. The molecule has 0 radical (unpaired) electrons. The molecule has 4 rings (SSSR count). The molecule has 7 nitrogen and oxygen atoms in total. The van der Waals surface area contributed by atoms with Gasteiger partial charge in [0.15, 0.2) is 0 Å². The third-order valence-corrected chi connectivity index (χ3v) is 6.67. The first-order valence-electron chi connectivity index (χ1n) is 12.2. The third kappa shape index (κ3) is 5.92. The van der Waals surface area contributed by atoms with Crippen molar-refractivity contribution >= 4 is 29.0 Å². The fourth-order valence-corrected chi connectivity index (χ4v) is 4.67. The number of nitrogens with zero attached hydrogens (tertiary/aromatic N) is 2. The number of nitrogens with one attached hydrogen (secondary N) is 1. The monoisotopic (exact) mass is 485 g/mol. The summed E-state index contributed by atoms with van der Waals surface area (Å²) < 4.78 is 5.52. The van der Waals surface area contributed by atoms with Crippen molar-refractivity contribution in [2.24, 2.45) is 0 Å². The van der Waals surface area contributed by atoms with E-state index in [1.807, 2.05) is 48.5 Å². The molecular formula is C29H31N3O4. The van der Waals surface area contributed by atoms with Gasteiger partial charge in [-0.3, -0.25) is 14.9 Å². The van der Waals surface area contributed by atoms with Crippen LogP contribution >= 0.6 is 0 Å². The number of para-hydroxylation sites is 1. The molecule has 0 atom stereocenters. The van der Waals surface area contributed by atoms with Crippen LogP contribution in [0.5, 0.6) is 5.75 Å². The Bertz CT molecular complexity index is 1250. The molecule has 3 aromatic rings. The number of carbonyl (C=O) groups excluding carboxylic acids is 1. The van der Waals surface area contributed by atoms with E-state index in [0.717, 1.165) is 38.1 Å². The van der Waals surface area contributed by atoms with E-state index in [2.05, 4.69) is 23.2 Å². The van der Waals surface area contributed by atoms with Crippen molar-refractivity contribution < 1.29 is 14.5 Å². The van der Waals surface area contributed by atoms with E-state index < -0.39 is 0 Å². The number of hydrogen-bond donors (Lipinski definition) is 1. The third-order valence-electron chi connectivity index (χ3n) is 6.67. The van der Waals surface area contributed by atoms with Gasteiger partial charge in [-0.1, -0.05) is 43.3 Å². The Balaban J connectivity index is 1.43. The minimum absolute atomic E-state index is 0.0449. The largest absolute Gasteiger partial charge is 0.496 e. The summed E-state index contributed by atoms with van der Waals surface area (Å²) in [4.78, 5) is 25.9. The second-order valence-corrected chi connectivity index (χ2v) is 8.88. The summed E-state index contributed by atoms with van der Waals surface area (Å²) in [6, 6.07) is 20.8. The highest BCUT2D eigenvalue weighted by Gasteiger charge is 2.27. The van der Waals surface area contributed by atoms with Crippen LogP contribution in [0, 0.1) is 10.1 Å². The zero-order valence-corrected chi connectivity index (χ0v) is 20.6. The Morgan fingerprint density at radius 1 is 1.11 bits per heavy atom. The normalized spacial score (nSPS) is 14.1. The van der Waals surface area contributed by atoms with Crippen LogP contribution in [0.4, 0.5) is 17.1 Å². The minimum Gasteiger partial charge on any atom is -0.496 e. The molecule has 36 heavy (non-hydrogen) atoms. The molecular weight excluding hydrogens is 454 g/mol. The molecule has 7 heteroatoms. The summed E-state index contributed by atoms with van der Waals surface area (Å²) in [6.07, 6.45) is 5.70. The average Bonchev–Trinajstić information content (AvgIpc) is 2.92. The van der Waals surface area contributed by atoms with Crippen molar-refractivity contribution in [1.82, 2.24) is 0 Å². The lowest BCUT2D eigenvalue weighted by molar-refractivity contribution is -0.384. The average molecular weight is 486 g/mol. The van der Waals surface area contributed by atoms with Gasteiger partial charge in [-0.15, -0.1) is 0 Å². The zero-order chi connectivity index (χ0) is 25.5. The molecule has 1 aliphatic heterocycles. The predicted octanol–water partition coefficient (Wildman–Crippen LogP) is 6.20. The van der Waals surface area contributed by atoms with Crippen molar-refractivity contribution in [2.45, 2.75) is 32.1 Å². The Morgan fingerprint density at radius 3 is 2.50 bits per heavy atom. The Hall–Kier alpha value is -4.13. The molecule has 1 N–H and O–H groups in total. The lowest BCUT2D eigenvalue weighted by atomic mass is 9.88. The SMILES string of the molecule is CCc1ccc(NC(=O)C=Cc2ccc(N3CCC(c4ccccc4OC)CC3)c([N+](=O)[O-])c2)cc1. The molecule has 0 aromatic heterocycles. The summed E-state index contributed by atoms with van der Waals surface area (Å²) in [5.41, 5.74) is 4.35. The lowest BCUT2D eigenvalue weighted by Crippen LogP contribution is -2.33. The van der Waals surface area contributed by atoms with E-state index in [0.29, 0.717) is 22.9 Å². The first-order chi connectivity index (χ1) is 17.5. The quantitative estimate of drug-likeness (QED) is 0.233. The number of carbonyl (C=O) groups is 1. The number of hydrogen-bond acceptors (Lipinski definition) is 5. The Kier molecular flexibility index (Phi) is 8.00. The highest BCUT2D eigenvalue weighted by molar-refractivity contribution is 6.02. The van der Waals surface area contributed by atoms with Crippen molar-refractivity contribution in [3.05, 3.63) is 99.6 Å². The molecule has 0 unspecified atom stereocenters. The molecule has 1 saturated heterocycles. The first-order valence-corrected chi connectivity index (χ1v) is 12.2. The van der Waals surface area contributed by atoms with Gasteiger partial charge in [0, 0.05) is 30.9 Å². The summed E-state index contributed by atoms with van der Waals surface area (Å²) in [5, 5.41) is 14.7. The van der Waals surface area contributed by atoms with Crippen LogP contribution in [0.1, 0.15) is 42.4 Å². The molecule has 0 saturated carbocycles. The zero-order valence-electron chi connectivity index (χ0n) is 20.6. The summed E-state index contributed by atoms with van der Waals surface area (Å²) in [7, 11) is 1.68. The van der Waals surface area contributed by atoms with Gasteiger partial charge in [0.1, 0.15) is 11.4 Å². The number of benzene rings is 3. The van der Waals surface area contributed by atoms with E-state index in [-0.39, 0.29) is 16.5 Å². The minimum atomic E-state index is -0.353. The number of ether oxygens (including phenoxy) is 1. The van der Waals surface area contributed by atoms with E-state index >= 15 is 0 Å². The van der Waals surface area contributed by atoms with Gasteiger partial charge in [0.25, 0.3) is 5.69 Å². The van der Waals surface area contributed by atoms with E-state index in [9.17, 15) is 14.9 Å². The van der Waals surface area contributed by atoms with Crippen LogP contribution in [0.3, 0.4) is 0 Å². The number of anilines is 2. The van der Waals surface area contributed by atoms with Crippen LogP contribution in [0.2, 0.25) is 0 Å².